The van der Waals surface area contributed by atoms with Crippen LogP contribution in [0.25, 0.3) is 0 Å². The van der Waals surface area contributed by atoms with Crippen LogP contribution in [0, 0.1) is 34.1 Å². The highest BCUT2D eigenvalue weighted by atomic mass is 16.6. The zero-order valence-corrected chi connectivity index (χ0v) is 12.1. The second-order valence-corrected chi connectivity index (χ2v) is 4.65. The molecule has 0 saturated heterocycles. The standard InChI is InChI=1S/C13H11N5O5/c1-7-3-12(15-8(2)14-7)16-13(19)9-4-10(17(20)21)6-11(5-9)18(22)23/h3-6H,1-2H3,(H,14,15,16,19). The van der Waals surface area contributed by atoms with E-state index in [2.05, 4.69) is 15.3 Å². The van der Waals surface area contributed by atoms with E-state index in [1.165, 1.54) is 6.07 Å². The van der Waals surface area contributed by atoms with Gasteiger partial charge in [0.2, 0.25) is 0 Å². The molecule has 10 nitrogen and oxygen atoms in total. The van der Waals surface area contributed by atoms with Gasteiger partial charge in [0.05, 0.1) is 21.5 Å². The second kappa shape index (κ2) is 6.13. The van der Waals surface area contributed by atoms with E-state index in [1.54, 1.807) is 13.8 Å². The number of amides is 1. The maximum Gasteiger partial charge on any atom is 0.277 e. The van der Waals surface area contributed by atoms with Gasteiger partial charge in [-0.05, 0) is 13.8 Å². The monoisotopic (exact) mass is 317 g/mol. The third kappa shape index (κ3) is 3.81. The number of hydrogen-bond donors (Lipinski definition) is 1. The summed E-state index contributed by atoms with van der Waals surface area (Å²) in [5, 5.41) is 24.1. The molecule has 0 unspecified atom stereocenters. The van der Waals surface area contributed by atoms with E-state index in [-0.39, 0.29) is 11.4 Å². The highest BCUT2D eigenvalue weighted by Gasteiger charge is 2.20. The lowest BCUT2D eigenvalue weighted by molar-refractivity contribution is -0.394. The van der Waals surface area contributed by atoms with Gasteiger partial charge in [-0.1, -0.05) is 0 Å². The highest BCUT2D eigenvalue weighted by Crippen LogP contribution is 2.23. The Labute approximate surface area is 129 Å². The minimum Gasteiger partial charge on any atom is -0.306 e. The Kier molecular flexibility index (Phi) is 4.25. The van der Waals surface area contributed by atoms with Gasteiger partial charge >= 0.3 is 0 Å². The number of non-ortho nitro benzene ring substituents is 2. The van der Waals surface area contributed by atoms with E-state index in [0.717, 1.165) is 18.2 Å². The fraction of sp³-hybridized carbons (Fsp3) is 0.154. The number of carbonyl (C=O) groups is 1. The third-order valence-electron chi connectivity index (χ3n) is 2.79. The summed E-state index contributed by atoms with van der Waals surface area (Å²) in [5.41, 5.74) is -0.670. The topological polar surface area (TPSA) is 141 Å². The Morgan fingerprint density at radius 3 is 2.04 bits per heavy atom. The summed E-state index contributed by atoms with van der Waals surface area (Å²) in [6, 6.07) is 4.22. The Hall–Kier alpha value is -3.43. The van der Waals surface area contributed by atoms with Crippen LogP contribution >= 0.6 is 0 Å². The van der Waals surface area contributed by atoms with Gasteiger partial charge in [0.15, 0.2) is 0 Å². The molecule has 0 spiro atoms. The SMILES string of the molecule is Cc1cc(NC(=O)c2cc([N+](=O)[O-])cc([N+](=O)[O-])c2)nc(C)n1. The minimum atomic E-state index is -0.803. The molecule has 23 heavy (non-hydrogen) atoms. The summed E-state index contributed by atoms with van der Waals surface area (Å²) in [6.45, 7) is 3.35. The number of nitro benzene ring substituents is 2. The first-order valence-electron chi connectivity index (χ1n) is 6.34. The third-order valence-corrected chi connectivity index (χ3v) is 2.79. The van der Waals surface area contributed by atoms with Crippen LogP contribution in [-0.4, -0.2) is 25.7 Å². The van der Waals surface area contributed by atoms with Crippen LogP contribution in [0.15, 0.2) is 24.3 Å². The quantitative estimate of drug-likeness (QED) is 0.672. The molecule has 0 fully saturated rings. The van der Waals surface area contributed by atoms with Crippen molar-refractivity contribution in [2.24, 2.45) is 0 Å². The molecule has 2 aromatic rings. The van der Waals surface area contributed by atoms with Crippen molar-refractivity contribution in [3.63, 3.8) is 0 Å². The van der Waals surface area contributed by atoms with Gasteiger partial charge in [0.25, 0.3) is 17.3 Å². The molecule has 0 saturated carbocycles. The van der Waals surface area contributed by atoms with Crippen molar-refractivity contribution in [2.45, 2.75) is 13.8 Å². The first-order valence-corrected chi connectivity index (χ1v) is 6.34. The van der Waals surface area contributed by atoms with Gasteiger partial charge in [0, 0.05) is 23.9 Å². The summed E-state index contributed by atoms with van der Waals surface area (Å²) < 4.78 is 0. The van der Waals surface area contributed by atoms with Crippen molar-refractivity contribution in [3.05, 3.63) is 61.6 Å². The van der Waals surface area contributed by atoms with Crippen LogP contribution in [0.3, 0.4) is 0 Å². The minimum absolute atomic E-state index is 0.203. The Morgan fingerprint density at radius 1 is 1.00 bits per heavy atom. The van der Waals surface area contributed by atoms with Gasteiger partial charge in [0.1, 0.15) is 11.6 Å². The maximum absolute atomic E-state index is 12.2. The number of anilines is 1. The van der Waals surface area contributed by atoms with Crippen molar-refractivity contribution < 1.29 is 14.6 Å². The second-order valence-electron chi connectivity index (χ2n) is 4.65. The number of nitrogens with zero attached hydrogens (tertiary/aromatic N) is 4. The smallest absolute Gasteiger partial charge is 0.277 e. The molecule has 2 rings (SSSR count). The molecule has 118 valence electrons. The summed E-state index contributed by atoms with van der Waals surface area (Å²) in [6.07, 6.45) is 0. The Balaban J connectivity index is 2.38. The maximum atomic E-state index is 12.2. The van der Waals surface area contributed by atoms with Gasteiger partial charge in [-0.15, -0.1) is 0 Å². The molecule has 1 amide bonds. The number of aryl methyl sites for hydroxylation is 2. The zero-order chi connectivity index (χ0) is 17.1. The number of rotatable bonds is 4. The molecule has 0 aliphatic carbocycles. The van der Waals surface area contributed by atoms with Crippen molar-refractivity contribution >= 4 is 23.1 Å². The van der Waals surface area contributed by atoms with E-state index in [1.807, 2.05) is 0 Å². The number of carbonyl (C=O) groups excluding carboxylic acids is 1. The van der Waals surface area contributed by atoms with Gasteiger partial charge < -0.3 is 5.32 Å². The fourth-order valence-corrected chi connectivity index (χ4v) is 1.91. The number of hydrogen-bond acceptors (Lipinski definition) is 7. The van der Waals surface area contributed by atoms with Crippen molar-refractivity contribution in [1.82, 2.24) is 9.97 Å². The highest BCUT2D eigenvalue weighted by molar-refractivity contribution is 6.04. The van der Waals surface area contributed by atoms with Crippen LogP contribution in [0.2, 0.25) is 0 Å². The molecular weight excluding hydrogens is 306 g/mol. The average molecular weight is 317 g/mol. The van der Waals surface area contributed by atoms with E-state index < -0.39 is 27.1 Å². The molecule has 1 N–H and O–H groups in total. The number of aromatic nitrogens is 2. The molecule has 1 aromatic carbocycles. The summed E-state index contributed by atoms with van der Waals surface area (Å²) in [4.78, 5) is 40.3. The molecular formula is C13H11N5O5. The number of nitro groups is 2. The van der Waals surface area contributed by atoms with Gasteiger partial charge in [-0.25, -0.2) is 9.97 Å². The van der Waals surface area contributed by atoms with Crippen molar-refractivity contribution in [2.75, 3.05) is 5.32 Å². The molecule has 1 aromatic heterocycles. The van der Waals surface area contributed by atoms with E-state index in [4.69, 9.17) is 0 Å². The van der Waals surface area contributed by atoms with Gasteiger partial charge in [-0.3, -0.25) is 25.0 Å². The lowest BCUT2D eigenvalue weighted by atomic mass is 10.1. The fourth-order valence-electron chi connectivity index (χ4n) is 1.91. The predicted molar refractivity (Wildman–Crippen MR) is 79.2 cm³/mol. The largest absolute Gasteiger partial charge is 0.306 e. The van der Waals surface area contributed by atoms with Crippen LogP contribution in [0.5, 0.6) is 0 Å². The van der Waals surface area contributed by atoms with Crippen LogP contribution < -0.4 is 5.32 Å². The lowest BCUT2D eigenvalue weighted by Gasteiger charge is -2.06. The number of nitrogens with one attached hydrogen (secondary N) is 1. The zero-order valence-electron chi connectivity index (χ0n) is 12.1. The van der Waals surface area contributed by atoms with Gasteiger partial charge in [-0.2, -0.15) is 0 Å². The molecule has 1 heterocycles. The first-order chi connectivity index (χ1) is 10.8. The van der Waals surface area contributed by atoms with Crippen molar-refractivity contribution in [1.29, 1.82) is 0 Å². The molecule has 0 aliphatic heterocycles. The molecule has 0 bridgehead atoms. The predicted octanol–water partition coefficient (Wildman–Crippen LogP) is 2.16. The van der Waals surface area contributed by atoms with E-state index in [9.17, 15) is 25.0 Å². The normalized spacial score (nSPS) is 10.2. The molecule has 0 radical (unpaired) electrons. The van der Waals surface area contributed by atoms with Crippen LogP contribution in [0.1, 0.15) is 21.9 Å². The molecule has 0 atom stereocenters. The van der Waals surface area contributed by atoms with E-state index >= 15 is 0 Å². The van der Waals surface area contributed by atoms with Crippen molar-refractivity contribution in [3.8, 4) is 0 Å². The lowest BCUT2D eigenvalue weighted by Crippen LogP contribution is -2.14. The Morgan fingerprint density at radius 2 is 1.57 bits per heavy atom. The summed E-state index contributed by atoms with van der Waals surface area (Å²) >= 11 is 0. The summed E-state index contributed by atoms with van der Waals surface area (Å²) in [7, 11) is 0. The molecule has 10 heteroatoms. The van der Waals surface area contributed by atoms with Crippen LogP contribution in [-0.2, 0) is 0 Å². The average Bonchev–Trinajstić information content (AvgIpc) is 2.45. The van der Waals surface area contributed by atoms with Crippen LogP contribution in [0.4, 0.5) is 17.2 Å². The first kappa shape index (κ1) is 15.9. The number of benzene rings is 1. The summed E-state index contributed by atoms with van der Waals surface area (Å²) in [5.74, 6) is -0.103. The Bertz CT molecular complexity index is 768. The van der Waals surface area contributed by atoms with E-state index in [0.29, 0.717) is 11.5 Å². The molecule has 0 aliphatic rings.